The lowest BCUT2D eigenvalue weighted by molar-refractivity contribution is 0.0372. The fraction of sp³-hybridized carbons (Fsp3) is 0.333. The van der Waals surface area contributed by atoms with Crippen LogP contribution >= 0.6 is 0 Å². The summed E-state index contributed by atoms with van der Waals surface area (Å²) < 4.78 is 0. The van der Waals surface area contributed by atoms with Crippen LogP contribution in [0.2, 0.25) is 0 Å². The summed E-state index contributed by atoms with van der Waals surface area (Å²) in [7, 11) is 0. The number of rotatable bonds is 2. The zero-order valence-electron chi connectivity index (χ0n) is 7.49. The van der Waals surface area contributed by atoms with E-state index < -0.39 is 5.72 Å². The van der Waals surface area contributed by atoms with Crippen LogP contribution in [0.15, 0.2) is 18.2 Å². The van der Waals surface area contributed by atoms with Gasteiger partial charge >= 0.3 is 0 Å². The molecule has 0 aliphatic carbocycles. The van der Waals surface area contributed by atoms with Crippen molar-refractivity contribution >= 4 is 5.69 Å². The molecule has 0 aliphatic rings. The first-order valence-electron chi connectivity index (χ1n) is 4.07. The fourth-order valence-electron chi connectivity index (χ4n) is 1.09. The Morgan fingerprint density at radius 3 is 2.62 bits per heavy atom. The molecule has 6 N–H and O–H groups in total. The Balaban J connectivity index is 3.20. The maximum absolute atomic E-state index is 9.66. The first-order valence-corrected chi connectivity index (χ1v) is 4.07. The van der Waals surface area contributed by atoms with Crippen LogP contribution in [0, 0.1) is 0 Å². The van der Waals surface area contributed by atoms with E-state index in [9.17, 15) is 10.2 Å². The molecule has 0 saturated heterocycles. The molecule has 0 heterocycles. The van der Waals surface area contributed by atoms with Gasteiger partial charge in [0.25, 0.3) is 0 Å². The van der Waals surface area contributed by atoms with E-state index in [-0.39, 0.29) is 11.3 Å². The molecule has 1 rings (SSSR count). The van der Waals surface area contributed by atoms with E-state index in [1.54, 1.807) is 13.0 Å². The molecule has 4 nitrogen and oxygen atoms in total. The predicted molar refractivity (Wildman–Crippen MR) is 50.9 cm³/mol. The molecule has 72 valence electrons. The van der Waals surface area contributed by atoms with E-state index >= 15 is 0 Å². The van der Waals surface area contributed by atoms with E-state index in [2.05, 4.69) is 0 Å². The van der Waals surface area contributed by atoms with Crippen molar-refractivity contribution in [3.05, 3.63) is 23.8 Å². The van der Waals surface area contributed by atoms with Crippen LogP contribution in [-0.2, 0) is 5.72 Å². The number of anilines is 1. The normalized spacial score (nSPS) is 15.3. The molecule has 0 aromatic heterocycles. The number of nitrogen functional groups attached to an aromatic ring is 1. The van der Waals surface area contributed by atoms with Crippen molar-refractivity contribution in [1.82, 2.24) is 0 Å². The fourth-order valence-corrected chi connectivity index (χ4v) is 1.09. The van der Waals surface area contributed by atoms with Crippen LogP contribution in [0.5, 0.6) is 5.75 Å². The van der Waals surface area contributed by atoms with Gasteiger partial charge in [-0.1, -0.05) is 6.92 Å². The molecule has 1 atom stereocenters. The van der Waals surface area contributed by atoms with Gasteiger partial charge in [-0.25, -0.2) is 0 Å². The Morgan fingerprint density at radius 2 is 2.08 bits per heavy atom. The molecule has 1 aromatic carbocycles. The Kier molecular flexibility index (Phi) is 2.45. The monoisotopic (exact) mass is 182 g/mol. The van der Waals surface area contributed by atoms with Gasteiger partial charge in [0.15, 0.2) is 0 Å². The Bertz CT molecular complexity index is 310. The average Bonchev–Trinajstić information content (AvgIpc) is 2.09. The number of aliphatic hydroxyl groups is 1. The number of hydrogen-bond acceptors (Lipinski definition) is 4. The summed E-state index contributed by atoms with van der Waals surface area (Å²) in [4.78, 5) is 0. The summed E-state index contributed by atoms with van der Waals surface area (Å²) in [6.07, 6.45) is 0.310. The minimum Gasteiger partial charge on any atom is -0.508 e. The smallest absolute Gasteiger partial charge is 0.143 e. The van der Waals surface area contributed by atoms with Crippen LogP contribution in [0.4, 0.5) is 5.69 Å². The molecule has 0 fully saturated rings. The topological polar surface area (TPSA) is 92.5 Å². The van der Waals surface area contributed by atoms with Crippen molar-refractivity contribution in [3.8, 4) is 5.75 Å². The predicted octanol–water partition coefficient (Wildman–Crippen LogP) is 0.488. The van der Waals surface area contributed by atoms with Crippen molar-refractivity contribution < 1.29 is 10.2 Å². The first-order chi connectivity index (χ1) is 5.97. The summed E-state index contributed by atoms with van der Waals surface area (Å²) in [5, 5.41) is 19.1. The van der Waals surface area contributed by atoms with Gasteiger partial charge in [-0.2, -0.15) is 0 Å². The van der Waals surface area contributed by atoms with Gasteiger partial charge in [0.1, 0.15) is 11.5 Å². The van der Waals surface area contributed by atoms with E-state index in [1.165, 1.54) is 12.1 Å². The number of aromatic hydroxyl groups is 1. The molecule has 1 unspecified atom stereocenters. The van der Waals surface area contributed by atoms with Crippen molar-refractivity contribution in [2.45, 2.75) is 19.1 Å². The van der Waals surface area contributed by atoms with E-state index in [4.69, 9.17) is 11.5 Å². The maximum atomic E-state index is 9.66. The molecule has 0 saturated carbocycles. The number of nitrogens with two attached hydrogens (primary N) is 2. The molecular formula is C9H14N2O2. The van der Waals surface area contributed by atoms with E-state index in [0.717, 1.165) is 0 Å². The van der Waals surface area contributed by atoms with Crippen LogP contribution < -0.4 is 11.5 Å². The van der Waals surface area contributed by atoms with Crippen molar-refractivity contribution in [3.63, 3.8) is 0 Å². The highest BCUT2D eigenvalue weighted by atomic mass is 16.3. The summed E-state index contributed by atoms with van der Waals surface area (Å²) in [6.45, 7) is 1.72. The summed E-state index contributed by atoms with van der Waals surface area (Å²) >= 11 is 0. The van der Waals surface area contributed by atoms with Gasteiger partial charge in [0.2, 0.25) is 0 Å². The minimum atomic E-state index is -1.51. The van der Waals surface area contributed by atoms with Gasteiger partial charge in [-0.3, -0.25) is 5.73 Å². The van der Waals surface area contributed by atoms with E-state index in [1.807, 2.05) is 0 Å². The minimum absolute atomic E-state index is 0.0407. The van der Waals surface area contributed by atoms with Crippen LogP contribution in [-0.4, -0.2) is 10.2 Å². The second kappa shape index (κ2) is 3.24. The highest BCUT2D eigenvalue weighted by Gasteiger charge is 2.24. The number of benzene rings is 1. The Morgan fingerprint density at radius 1 is 1.46 bits per heavy atom. The van der Waals surface area contributed by atoms with E-state index in [0.29, 0.717) is 12.1 Å². The second-order valence-electron chi connectivity index (χ2n) is 3.05. The zero-order chi connectivity index (χ0) is 10.1. The summed E-state index contributed by atoms with van der Waals surface area (Å²) in [5.74, 6) is -0.0407. The lowest BCUT2D eigenvalue weighted by atomic mass is 9.99. The Labute approximate surface area is 76.8 Å². The van der Waals surface area contributed by atoms with Crippen LogP contribution in [0.3, 0.4) is 0 Å². The largest absolute Gasteiger partial charge is 0.508 e. The third-order valence-corrected chi connectivity index (χ3v) is 2.03. The van der Waals surface area contributed by atoms with Crippen LogP contribution in [0.1, 0.15) is 18.9 Å². The SMILES string of the molecule is CCC(N)(O)c1cc(N)ccc1O. The molecule has 4 heteroatoms. The zero-order valence-corrected chi connectivity index (χ0v) is 7.49. The van der Waals surface area contributed by atoms with Gasteiger partial charge < -0.3 is 15.9 Å². The molecule has 1 aromatic rings. The quantitative estimate of drug-likeness (QED) is 0.304. The third-order valence-electron chi connectivity index (χ3n) is 2.03. The Hall–Kier alpha value is -1.26. The van der Waals surface area contributed by atoms with Crippen molar-refractivity contribution in [2.75, 3.05) is 5.73 Å². The number of phenols is 1. The van der Waals surface area contributed by atoms with Crippen molar-refractivity contribution in [2.24, 2.45) is 5.73 Å². The molecule has 0 aliphatic heterocycles. The first kappa shape index (κ1) is 9.83. The molecule has 0 amide bonds. The maximum Gasteiger partial charge on any atom is 0.143 e. The highest BCUT2D eigenvalue weighted by molar-refractivity contribution is 5.49. The van der Waals surface area contributed by atoms with Gasteiger partial charge in [-0.05, 0) is 24.6 Å². The van der Waals surface area contributed by atoms with Gasteiger partial charge in [0, 0.05) is 11.3 Å². The summed E-state index contributed by atoms with van der Waals surface area (Å²) in [6, 6.07) is 4.43. The lowest BCUT2D eigenvalue weighted by Crippen LogP contribution is -2.35. The second-order valence-corrected chi connectivity index (χ2v) is 3.05. The average molecular weight is 182 g/mol. The molecule has 0 spiro atoms. The van der Waals surface area contributed by atoms with Crippen molar-refractivity contribution in [1.29, 1.82) is 0 Å². The molecule has 13 heavy (non-hydrogen) atoms. The van der Waals surface area contributed by atoms with Gasteiger partial charge in [-0.15, -0.1) is 0 Å². The summed E-state index contributed by atoms with van der Waals surface area (Å²) in [5.41, 5.74) is 10.3. The standard InChI is InChI=1S/C9H14N2O2/c1-2-9(11,13)7-5-6(10)3-4-8(7)12/h3-5,12-13H,2,10-11H2,1H3. The molecule has 0 bridgehead atoms. The van der Waals surface area contributed by atoms with Gasteiger partial charge in [0.05, 0.1) is 0 Å². The third kappa shape index (κ3) is 1.91. The lowest BCUT2D eigenvalue weighted by Gasteiger charge is -2.22. The molecular weight excluding hydrogens is 168 g/mol. The van der Waals surface area contributed by atoms with Crippen LogP contribution in [0.25, 0.3) is 0 Å². The highest BCUT2D eigenvalue weighted by Crippen LogP contribution is 2.29. The molecule has 0 radical (unpaired) electrons. The number of phenolic OH excluding ortho intramolecular Hbond substituents is 1. The number of hydrogen-bond donors (Lipinski definition) is 4.